The SMILES string of the molecule is C=C(C)C(=O)OCOc1ccc(-c2ccc(OCOC(=O)C(=C)C)c(F)c2F)cc1. The third-order valence-corrected chi connectivity index (χ3v) is 3.73. The zero-order chi connectivity index (χ0) is 22.3. The van der Waals surface area contributed by atoms with E-state index in [-0.39, 0.29) is 23.5 Å². The molecular weight excluding hydrogens is 398 g/mol. The van der Waals surface area contributed by atoms with Crippen molar-refractivity contribution in [2.45, 2.75) is 13.8 Å². The van der Waals surface area contributed by atoms with Crippen LogP contribution in [0.2, 0.25) is 0 Å². The van der Waals surface area contributed by atoms with E-state index in [1.54, 1.807) is 0 Å². The Kier molecular flexibility index (Phi) is 7.69. The predicted molar refractivity (Wildman–Crippen MR) is 105 cm³/mol. The molecule has 158 valence electrons. The topological polar surface area (TPSA) is 71.1 Å². The van der Waals surface area contributed by atoms with Crippen LogP contribution in [0, 0.1) is 11.6 Å². The molecule has 30 heavy (non-hydrogen) atoms. The Hall–Kier alpha value is -3.68. The summed E-state index contributed by atoms with van der Waals surface area (Å²) in [5, 5.41) is 0. The van der Waals surface area contributed by atoms with Crippen LogP contribution >= 0.6 is 0 Å². The standard InChI is InChI=1S/C22H20F2O6/c1-13(2)21(25)29-11-27-16-7-5-15(6-8-16)17-9-10-18(20(24)19(17)23)28-12-30-22(26)14(3)4/h5-10H,1,3,11-12H2,2,4H3. The van der Waals surface area contributed by atoms with E-state index in [4.69, 9.17) is 18.9 Å². The molecule has 0 saturated carbocycles. The Balaban J connectivity index is 2.02. The summed E-state index contributed by atoms with van der Waals surface area (Å²) in [6, 6.07) is 8.63. The van der Waals surface area contributed by atoms with E-state index in [1.165, 1.54) is 50.2 Å². The highest BCUT2D eigenvalue weighted by Crippen LogP contribution is 2.31. The van der Waals surface area contributed by atoms with Gasteiger partial charge in [-0.3, -0.25) is 0 Å². The number of carbonyl (C=O) groups excluding carboxylic acids is 2. The van der Waals surface area contributed by atoms with Crippen molar-refractivity contribution in [1.29, 1.82) is 0 Å². The van der Waals surface area contributed by atoms with Gasteiger partial charge in [-0.1, -0.05) is 25.3 Å². The lowest BCUT2D eigenvalue weighted by atomic mass is 10.0. The number of halogens is 2. The highest BCUT2D eigenvalue weighted by molar-refractivity contribution is 5.87. The van der Waals surface area contributed by atoms with Gasteiger partial charge in [0.1, 0.15) is 5.75 Å². The molecule has 8 heteroatoms. The van der Waals surface area contributed by atoms with Gasteiger partial charge in [0.2, 0.25) is 19.4 Å². The summed E-state index contributed by atoms with van der Waals surface area (Å²) in [4.78, 5) is 22.6. The smallest absolute Gasteiger partial charge is 0.335 e. The molecule has 0 aliphatic heterocycles. The molecule has 0 bridgehead atoms. The highest BCUT2D eigenvalue weighted by atomic mass is 19.2. The van der Waals surface area contributed by atoms with Crippen LogP contribution in [-0.4, -0.2) is 25.5 Å². The molecule has 0 amide bonds. The van der Waals surface area contributed by atoms with Gasteiger partial charge in [0.25, 0.3) is 0 Å². The molecule has 0 aromatic heterocycles. The summed E-state index contributed by atoms with van der Waals surface area (Å²) in [6.07, 6.45) is 0. The summed E-state index contributed by atoms with van der Waals surface area (Å²) in [5.74, 6) is -3.66. The summed E-state index contributed by atoms with van der Waals surface area (Å²) < 4.78 is 48.4. The summed E-state index contributed by atoms with van der Waals surface area (Å²) in [6.45, 7) is 8.91. The van der Waals surface area contributed by atoms with Gasteiger partial charge in [0.15, 0.2) is 11.6 Å². The van der Waals surface area contributed by atoms with E-state index < -0.39 is 36.1 Å². The zero-order valence-corrected chi connectivity index (χ0v) is 16.5. The van der Waals surface area contributed by atoms with Crippen molar-refractivity contribution in [3.05, 3.63) is 72.3 Å². The van der Waals surface area contributed by atoms with Crippen LogP contribution < -0.4 is 9.47 Å². The van der Waals surface area contributed by atoms with E-state index in [9.17, 15) is 18.4 Å². The molecule has 0 saturated heterocycles. The number of benzene rings is 2. The lowest BCUT2D eigenvalue weighted by molar-refractivity contribution is -0.146. The summed E-state index contributed by atoms with van der Waals surface area (Å²) >= 11 is 0. The Morgan fingerprint density at radius 3 is 1.87 bits per heavy atom. The fraction of sp³-hybridized carbons (Fsp3) is 0.182. The maximum Gasteiger partial charge on any atom is 0.335 e. The number of hydrogen-bond acceptors (Lipinski definition) is 6. The van der Waals surface area contributed by atoms with Crippen LogP contribution in [0.3, 0.4) is 0 Å². The van der Waals surface area contributed by atoms with Crippen molar-refractivity contribution in [2.24, 2.45) is 0 Å². The minimum atomic E-state index is -1.22. The van der Waals surface area contributed by atoms with Crippen molar-refractivity contribution >= 4 is 11.9 Å². The van der Waals surface area contributed by atoms with Crippen LogP contribution in [-0.2, 0) is 19.1 Å². The second-order valence-corrected chi connectivity index (χ2v) is 6.21. The minimum absolute atomic E-state index is 0.000888. The zero-order valence-electron chi connectivity index (χ0n) is 16.5. The van der Waals surface area contributed by atoms with Gasteiger partial charge in [-0.15, -0.1) is 0 Å². The molecule has 2 aromatic carbocycles. The average molecular weight is 418 g/mol. The van der Waals surface area contributed by atoms with Crippen LogP contribution in [0.15, 0.2) is 60.7 Å². The van der Waals surface area contributed by atoms with Crippen LogP contribution in [0.5, 0.6) is 11.5 Å². The lowest BCUT2D eigenvalue weighted by Crippen LogP contribution is -2.11. The number of esters is 2. The third kappa shape index (κ3) is 5.91. The molecule has 0 aliphatic rings. The van der Waals surface area contributed by atoms with Crippen LogP contribution in [0.4, 0.5) is 8.78 Å². The lowest BCUT2D eigenvalue weighted by Gasteiger charge is -2.11. The van der Waals surface area contributed by atoms with Crippen molar-refractivity contribution in [3.8, 4) is 22.6 Å². The summed E-state index contributed by atoms with van der Waals surface area (Å²) in [7, 11) is 0. The Bertz CT molecular complexity index is 966. The maximum atomic E-state index is 14.5. The first-order valence-corrected chi connectivity index (χ1v) is 8.70. The fourth-order valence-corrected chi connectivity index (χ4v) is 2.14. The first-order chi connectivity index (χ1) is 14.2. The summed E-state index contributed by atoms with van der Waals surface area (Å²) in [5.41, 5.74) is 0.784. The van der Waals surface area contributed by atoms with Gasteiger partial charge in [-0.2, -0.15) is 4.39 Å². The Morgan fingerprint density at radius 1 is 0.800 bits per heavy atom. The monoisotopic (exact) mass is 418 g/mol. The highest BCUT2D eigenvalue weighted by Gasteiger charge is 2.16. The van der Waals surface area contributed by atoms with Gasteiger partial charge >= 0.3 is 11.9 Å². The quantitative estimate of drug-likeness (QED) is 0.338. The van der Waals surface area contributed by atoms with Crippen LogP contribution in [0.1, 0.15) is 13.8 Å². The van der Waals surface area contributed by atoms with E-state index in [1.807, 2.05) is 0 Å². The Labute approximate surface area is 172 Å². The molecule has 0 fully saturated rings. The first-order valence-electron chi connectivity index (χ1n) is 8.70. The second kappa shape index (κ2) is 10.2. The normalized spacial score (nSPS) is 10.1. The molecule has 0 N–H and O–H groups in total. The van der Waals surface area contributed by atoms with E-state index in [0.29, 0.717) is 11.3 Å². The van der Waals surface area contributed by atoms with E-state index >= 15 is 0 Å². The maximum absolute atomic E-state index is 14.5. The molecule has 0 heterocycles. The van der Waals surface area contributed by atoms with Crippen molar-refractivity contribution < 1.29 is 37.3 Å². The van der Waals surface area contributed by atoms with E-state index in [0.717, 1.165) is 0 Å². The average Bonchev–Trinajstić information content (AvgIpc) is 2.71. The third-order valence-electron chi connectivity index (χ3n) is 3.73. The van der Waals surface area contributed by atoms with Crippen molar-refractivity contribution in [3.63, 3.8) is 0 Å². The first kappa shape index (κ1) is 22.6. The number of ether oxygens (including phenoxy) is 4. The molecule has 2 rings (SSSR count). The van der Waals surface area contributed by atoms with Crippen molar-refractivity contribution in [2.75, 3.05) is 13.6 Å². The second-order valence-electron chi connectivity index (χ2n) is 6.21. The molecule has 0 atom stereocenters. The molecule has 0 unspecified atom stereocenters. The van der Waals surface area contributed by atoms with E-state index in [2.05, 4.69) is 13.2 Å². The van der Waals surface area contributed by atoms with Gasteiger partial charge in [-0.25, -0.2) is 14.0 Å². The van der Waals surface area contributed by atoms with Gasteiger partial charge < -0.3 is 18.9 Å². The fourth-order valence-electron chi connectivity index (χ4n) is 2.14. The largest absolute Gasteiger partial charge is 0.457 e. The Morgan fingerprint density at radius 2 is 1.33 bits per heavy atom. The molecule has 0 aliphatic carbocycles. The minimum Gasteiger partial charge on any atom is -0.457 e. The van der Waals surface area contributed by atoms with Crippen LogP contribution in [0.25, 0.3) is 11.1 Å². The van der Waals surface area contributed by atoms with Gasteiger partial charge in [-0.05, 0) is 43.7 Å². The van der Waals surface area contributed by atoms with Crippen molar-refractivity contribution in [1.82, 2.24) is 0 Å². The molecule has 0 spiro atoms. The molecule has 0 radical (unpaired) electrons. The molecule has 6 nitrogen and oxygen atoms in total. The number of hydrogen-bond donors (Lipinski definition) is 0. The number of carbonyl (C=O) groups is 2. The molecular formula is C22H20F2O6. The number of rotatable bonds is 9. The predicted octanol–water partition coefficient (Wildman–Crippen LogP) is 4.54. The molecule has 2 aromatic rings. The van der Waals surface area contributed by atoms with Gasteiger partial charge in [0, 0.05) is 16.7 Å². The van der Waals surface area contributed by atoms with Gasteiger partial charge in [0.05, 0.1) is 0 Å².